The fourth-order valence-corrected chi connectivity index (χ4v) is 3.77. The molecule has 0 bridgehead atoms. The van der Waals surface area contributed by atoms with Crippen molar-refractivity contribution in [2.45, 2.75) is 17.8 Å². The Labute approximate surface area is 150 Å². The SMILES string of the molecule is O=S(=O)(NCc1cn(-c2ccsc2)nn1)c1ccccc1OC(F)(F)F. The summed E-state index contributed by atoms with van der Waals surface area (Å²) in [6.07, 6.45) is -3.49. The highest BCUT2D eigenvalue weighted by molar-refractivity contribution is 7.89. The minimum atomic E-state index is -5.01. The molecule has 138 valence electrons. The highest BCUT2D eigenvalue weighted by Gasteiger charge is 2.33. The molecule has 0 saturated heterocycles. The van der Waals surface area contributed by atoms with Crippen LogP contribution in [0.3, 0.4) is 0 Å². The summed E-state index contributed by atoms with van der Waals surface area (Å²) in [6, 6.07) is 6.29. The van der Waals surface area contributed by atoms with Gasteiger partial charge in [0.25, 0.3) is 0 Å². The summed E-state index contributed by atoms with van der Waals surface area (Å²) >= 11 is 1.46. The number of para-hydroxylation sites is 1. The van der Waals surface area contributed by atoms with Crippen LogP contribution >= 0.6 is 11.3 Å². The van der Waals surface area contributed by atoms with Crippen molar-refractivity contribution in [1.82, 2.24) is 19.7 Å². The van der Waals surface area contributed by atoms with Crippen molar-refractivity contribution in [3.8, 4) is 11.4 Å². The molecule has 2 aromatic heterocycles. The van der Waals surface area contributed by atoms with E-state index in [0.29, 0.717) is 5.69 Å². The third kappa shape index (κ3) is 4.39. The molecule has 3 rings (SSSR count). The first kappa shape index (κ1) is 18.4. The molecule has 0 saturated carbocycles. The number of nitrogens with zero attached hydrogens (tertiary/aromatic N) is 3. The molecule has 0 aliphatic rings. The highest BCUT2D eigenvalue weighted by Crippen LogP contribution is 2.29. The average Bonchev–Trinajstić information content (AvgIpc) is 3.23. The summed E-state index contributed by atoms with van der Waals surface area (Å²) < 4.78 is 69.4. The Morgan fingerprint density at radius 2 is 2.00 bits per heavy atom. The van der Waals surface area contributed by atoms with Gasteiger partial charge in [-0.25, -0.2) is 17.8 Å². The summed E-state index contributed by atoms with van der Waals surface area (Å²) in [5.41, 5.74) is 1.06. The third-order valence-electron chi connectivity index (χ3n) is 3.12. The van der Waals surface area contributed by atoms with Gasteiger partial charge in [-0.3, -0.25) is 0 Å². The molecule has 1 N–H and O–H groups in total. The van der Waals surface area contributed by atoms with Crippen LogP contribution in [0.1, 0.15) is 5.69 Å². The Balaban J connectivity index is 1.76. The molecule has 1 aromatic carbocycles. The molecule has 0 unspecified atom stereocenters. The zero-order valence-corrected chi connectivity index (χ0v) is 14.5. The number of alkyl halides is 3. The minimum Gasteiger partial charge on any atom is -0.404 e. The summed E-state index contributed by atoms with van der Waals surface area (Å²) in [5.74, 6) is -0.811. The van der Waals surface area contributed by atoms with Gasteiger partial charge in [0, 0.05) is 5.38 Å². The van der Waals surface area contributed by atoms with Gasteiger partial charge in [-0.15, -0.1) is 18.3 Å². The van der Waals surface area contributed by atoms with E-state index in [1.165, 1.54) is 34.3 Å². The molecule has 7 nitrogen and oxygen atoms in total. The first-order chi connectivity index (χ1) is 12.2. The second-order valence-corrected chi connectivity index (χ2v) is 7.47. The summed E-state index contributed by atoms with van der Waals surface area (Å²) in [6.45, 7) is -0.243. The molecule has 3 aromatic rings. The maximum Gasteiger partial charge on any atom is 0.573 e. The fourth-order valence-electron chi connectivity index (χ4n) is 2.02. The molecule has 0 atom stereocenters. The standard InChI is InChI=1S/C14H11F3N4O3S2/c15-14(16,17)24-12-3-1-2-4-13(12)26(22,23)18-7-10-8-21(20-19-10)11-5-6-25-9-11/h1-6,8-9,18H,7H2. The highest BCUT2D eigenvalue weighted by atomic mass is 32.2. The molecule has 2 heterocycles. The van der Waals surface area contributed by atoms with Crippen LogP contribution in [0.5, 0.6) is 5.75 Å². The normalized spacial score (nSPS) is 12.3. The van der Waals surface area contributed by atoms with Crippen molar-refractivity contribution >= 4 is 21.4 Å². The van der Waals surface area contributed by atoms with Crippen molar-refractivity contribution in [3.63, 3.8) is 0 Å². The van der Waals surface area contributed by atoms with E-state index in [1.54, 1.807) is 6.07 Å². The maximum atomic E-state index is 12.4. The Morgan fingerprint density at radius 1 is 1.23 bits per heavy atom. The van der Waals surface area contributed by atoms with Gasteiger partial charge in [0.05, 0.1) is 24.1 Å². The number of ether oxygens (including phenoxy) is 1. The zero-order chi connectivity index (χ0) is 18.8. The lowest BCUT2D eigenvalue weighted by Gasteiger charge is -2.13. The Hall–Kier alpha value is -2.44. The summed E-state index contributed by atoms with van der Waals surface area (Å²) in [5, 5.41) is 11.4. The van der Waals surface area contributed by atoms with E-state index in [9.17, 15) is 21.6 Å². The lowest BCUT2D eigenvalue weighted by atomic mass is 10.3. The number of benzene rings is 1. The minimum absolute atomic E-state index is 0.243. The van der Waals surface area contributed by atoms with Crippen molar-refractivity contribution in [1.29, 1.82) is 0 Å². The van der Waals surface area contributed by atoms with Crippen molar-refractivity contribution in [2.75, 3.05) is 0 Å². The lowest BCUT2D eigenvalue weighted by molar-refractivity contribution is -0.275. The second kappa shape index (κ2) is 7.05. The van der Waals surface area contributed by atoms with E-state index in [0.717, 1.165) is 17.8 Å². The van der Waals surface area contributed by atoms with Crippen LogP contribution < -0.4 is 9.46 Å². The number of hydrogen-bond acceptors (Lipinski definition) is 6. The number of thiophene rings is 1. The number of aromatic nitrogens is 3. The number of sulfonamides is 1. The fraction of sp³-hybridized carbons (Fsp3) is 0.143. The topological polar surface area (TPSA) is 86.1 Å². The van der Waals surface area contributed by atoms with Gasteiger partial charge < -0.3 is 4.74 Å². The predicted octanol–water partition coefficient (Wildman–Crippen LogP) is 2.71. The van der Waals surface area contributed by atoms with Gasteiger partial charge in [-0.2, -0.15) is 11.3 Å². The van der Waals surface area contributed by atoms with Gasteiger partial charge in [0.15, 0.2) is 0 Å². The van der Waals surface area contributed by atoms with Crippen molar-refractivity contribution < 1.29 is 26.3 Å². The molecule has 0 aliphatic heterocycles. The molecule has 0 aliphatic carbocycles. The molecule has 0 fully saturated rings. The molecule has 0 spiro atoms. The third-order valence-corrected chi connectivity index (χ3v) is 5.23. The number of hydrogen-bond donors (Lipinski definition) is 1. The first-order valence-corrected chi connectivity index (χ1v) is 9.45. The molecular formula is C14H11F3N4O3S2. The molecule has 26 heavy (non-hydrogen) atoms. The van der Waals surface area contributed by atoms with Gasteiger partial charge in [-0.05, 0) is 23.6 Å². The van der Waals surface area contributed by atoms with Gasteiger partial charge in [-0.1, -0.05) is 17.3 Å². The van der Waals surface area contributed by atoms with Gasteiger partial charge >= 0.3 is 6.36 Å². The smallest absolute Gasteiger partial charge is 0.404 e. The quantitative estimate of drug-likeness (QED) is 0.683. The monoisotopic (exact) mass is 404 g/mol. The predicted molar refractivity (Wildman–Crippen MR) is 86.4 cm³/mol. The van der Waals surface area contributed by atoms with Gasteiger partial charge in [0.2, 0.25) is 10.0 Å². The number of halogens is 3. The molecule has 0 amide bonds. The van der Waals surface area contributed by atoms with Crippen LogP contribution in [-0.2, 0) is 16.6 Å². The van der Waals surface area contributed by atoms with E-state index in [4.69, 9.17) is 0 Å². The molecule has 0 radical (unpaired) electrons. The average molecular weight is 404 g/mol. The van der Waals surface area contributed by atoms with E-state index in [1.807, 2.05) is 10.8 Å². The van der Waals surface area contributed by atoms with Crippen LogP contribution in [0.25, 0.3) is 5.69 Å². The van der Waals surface area contributed by atoms with Crippen LogP contribution in [-0.4, -0.2) is 29.8 Å². The van der Waals surface area contributed by atoms with E-state index in [2.05, 4.69) is 19.8 Å². The maximum absolute atomic E-state index is 12.4. The summed E-state index contributed by atoms with van der Waals surface area (Å²) in [7, 11) is -4.26. The molecule has 12 heteroatoms. The largest absolute Gasteiger partial charge is 0.573 e. The van der Waals surface area contributed by atoms with Crippen LogP contribution in [0.2, 0.25) is 0 Å². The van der Waals surface area contributed by atoms with Crippen LogP contribution in [0.4, 0.5) is 13.2 Å². The number of nitrogens with one attached hydrogen (secondary N) is 1. The van der Waals surface area contributed by atoms with Crippen molar-refractivity contribution in [3.05, 3.63) is 53.0 Å². The van der Waals surface area contributed by atoms with E-state index < -0.39 is 27.0 Å². The Kier molecular flexibility index (Phi) is 4.98. The Morgan fingerprint density at radius 3 is 2.69 bits per heavy atom. The van der Waals surface area contributed by atoms with Crippen molar-refractivity contribution in [2.24, 2.45) is 0 Å². The summed E-state index contributed by atoms with van der Waals surface area (Å²) in [4.78, 5) is -0.623. The van der Waals surface area contributed by atoms with E-state index >= 15 is 0 Å². The molecular weight excluding hydrogens is 393 g/mol. The van der Waals surface area contributed by atoms with Crippen LogP contribution in [0, 0.1) is 0 Å². The first-order valence-electron chi connectivity index (χ1n) is 7.03. The Bertz CT molecular complexity index is 985. The second-order valence-electron chi connectivity index (χ2n) is 4.96. The van der Waals surface area contributed by atoms with Crippen LogP contribution in [0.15, 0.2) is 52.2 Å². The van der Waals surface area contributed by atoms with E-state index in [-0.39, 0.29) is 6.54 Å². The zero-order valence-electron chi connectivity index (χ0n) is 12.8. The lowest BCUT2D eigenvalue weighted by Crippen LogP contribution is -2.25. The van der Waals surface area contributed by atoms with Gasteiger partial charge in [0.1, 0.15) is 10.6 Å². The number of rotatable bonds is 6.